The minimum atomic E-state index is -0.103. The Morgan fingerprint density at radius 2 is 1.33 bits per heavy atom. The SMILES string of the molecule is COc1ccc(C2(c3ccc(OC)cc3)CCC2c2ccc(NC(C)=O)cc2)cc1. The number of ether oxygens (including phenoxy) is 2. The smallest absolute Gasteiger partial charge is 0.221 e. The van der Waals surface area contributed by atoms with Crippen LogP contribution >= 0.6 is 0 Å². The van der Waals surface area contributed by atoms with E-state index in [1.165, 1.54) is 23.6 Å². The van der Waals surface area contributed by atoms with Gasteiger partial charge >= 0.3 is 0 Å². The number of hydrogen-bond acceptors (Lipinski definition) is 3. The maximum absolute atomic E-state index is 11.3. The van der Waals surface area contributed by atoms with E-state index in [1.54, 1.807) is 14.2 Å². The van der Waals surface area contributed by atoms with E-state index in [0.29, 0.717) is 5.92 Å². The van der Waals surface area contributed by atoms with Crippen LogP contribution in [-0.4, -0.2) is 20.1 Å². The molecule has 30 heavy (non-hydrogen) atoms. The number of carbonyl (C=O) groups excluding carboxylic acids is 1. The molecule has 1 unspecified atom stereocenters. The van der Waals surface area contributed by atoms with Crippen LogP contribution in [0.5, 0.6) is 11.5 Å². The molecule has 0 heterocycles. The van der Waals surface area contributed by atoms with E-state index in [0.717, 1.165) is 30.0 Å². The third-order valence-electron chi connectivity index (χ3n) is 6.27. The Morgan fingerprint density at radius 1 is 0.833 bits per heavy atom. The molecule has 1 aliphatic carbocycles. The largest absolute Gasteiger partial charge is 0.497 e. The minimum absolute atomic E-state index is 0.0581. The number of carbonyl (C=O) groups is 1. The molecule has 4 rings (SSSR count). The van der Waals surface area contributed by atoms with Gasteiger partial charge in [0.1, 0.15) is 11.5 Å². The van der Waals surface area contributed by atoms with Crippen molar-refractivity contribution in [3.8, 4) is 11.5 Å². The monoisotopic (exact) mass is 401 g/mol. The summed E-state index contributed by atoms with van der Waals surface area (Å²) >= 11 is 0. The third kappa shape index (κ3) is 3.54. The Bertz CT molecular complexity index is 960. The van der Waals surface area contributed by atoms with Crippen molar-refractivity contribution in [2.24, 2.45) is 0 Å². The second-order valence-corrected chi connectivity index (χ2v) is 7.82. The van der Waals surface area contributed by atoms with Crippen molar-refractivity contribution in [2.75, 3.05) is 19.5 Å². The second kappa shape index (κ2) is 8.23. The average Bonchev–Trinajstić information content (AvgIpc) is 2.75. The first-order valence-corrected chi connectivity index (χ1v) is 10.2. The van der Waals surface area contributed by atoms with Gasteiger partial charge in [-0.15, -0.1) is 0 Å². The van der Waals surface area contributed by atoms with Crippen LogP contribution in [0, 0.1) is 0 Å². The number of anilines is 1. The van der Waals surface area contributed by atoms with Crippen LogP contribution in [0.25, 0.3) is 0 Å². The number of amides is 1. The summed E-state index contributed by atoms with van der Waals surface area (Å²) in [6, 6.07) is 25.1. The average molecular weight is 402 g/mol. The molecule has 0 aliphatic heterocycles. The lowest BCUT2D eigenvalue weighted by atomic mass is 9.52. The maximum Gasteiger partial charge on any atom is 0.221 e. The Hall–Kier alpha value is -3.27. The van der Waals surface area contributed by atoms with E-state index in [2.05, 4.69) is 41.7 Å². The first-order valence-electron chi connectivity index (χ1n) is 10.2. The number of methoxy groups -OCH3 is 2. The van der Waals surface area contributed by atoms with Gasteiger partial charge in [-0.3, -0.25) is 4.79 Å². The molecular formula is C26H27NO3. The molecule has 0 radical (unpaired) electrons. The zero-order chi connectivity index (χ0) is 21.1. The summed E-state index contributed by atoms with van der Waals surface area (Å²) < 4.78 is 10.7. The van der Waals surface area contributed by atoms with Crippen LogP contribution in [0.3, 0.4) is 0 Å². The van der Waals surface area contributed by atoms with E-state index >= 15 is 0 Å². The molecule has 154 valence electrons. The second-order valence-electron chi connectivity index (χ2n) is 7.82. The Labute approximate surface area is 177 Å². The van der Waals surface area contributed by atoms with Crippen molar-refractivity contribution >= 4 is 11.6 Å². The summed E-state index contributed by atoms with van der Waals surface area (Å²) in [7, 11) is 3.38. The molecule has 1 amide bonds. The molecule has 4 heteroatoms. The van der Waals surface area contributed by atoms with E-state index in [1.807, 2.05) is 36.4 Å². The quantitative estimate of drug-likeness (QED) is 0.591. The van der Waals surface area contributed by atoms with Crippen LogP contribution in [0.2, 0.25) is 0 Å². The zero-order valence-corrected chi connectivity index (χ0v) is 17.6. The highest BCUT2D eigenvalue weighted by atomic mass is 16.5. The van der Waals surface area contributed by atoms with E-state index in [4.69, 9.17) is 9.47 Å². The van der Waals surface area contributed by atoms with Crippen LogP contribution in [0.1, 0.15) is 42.4 Å². The van der Waals surface area contributed by atoms with Gasteiger partial charge in [0.15, 0.2) is 0 Å². The standard InChI is InChI=1S/C26H27NO3/c1-18(28)27-22-10-4-19(5-11-22)25-16-17-26(25,20-6-12-23(29-2)13-7-20)21-8-14-24(30-3)15-9-21/h4-15,25H,16-17H2,1-3H3,(H,27,28). The zero-order valence-electron chi connectivity index (χ0n) is 17.6. The highest BCUT2D eigenvalue weighted by molar-refractivity contribution is 5.88. The molecule has 1 atom stereocenters. The lowest BCUT2D eigenvalue weighted by Gasteiger charge is -2.51. The van der Waals surface area contributed by atoms with Crippen molar-refractivity contribution in [2.45, 2.75) is 31.1 Å². The first kappa shape index (κ1) is 20.0. The normalized spacial score (nSPS) is 17.0. The summed E-state index contributed by atoms with van der Waals surface area (Å²) in [4.78, 5) is 11.3. The topological polar surface area (TPSA) is 47.6 Å². The molecule has 0 aromatic heterocycles. The molecule has 4 nitrogen and oxygen atoms in total. The molecule has 3 aromatic rings. The molecule has 0 saturated heterocycles. The van der Waals surface area contributed by atoms with Gasteiger partial charge in [0.05, 0.1) is 14.2 Å². The summed E-state index contributed by atoms with van der Waals surface area (Å²) in [6.07, 6.45) is 2.18. The van der Waals surface area contributed by atoms with Crippen LogP contribution in [0.15, 0.2) is 72.8 Å². The maximum atomic E-state index is 11.3. The Kier molecular flexibility index (Phi) is 5.49. The molecule has 1 fully saturated rings. The predicted molar refractivity (Wildman–Crippen MR) is 119 cm³/mol. The Balaban J connectivity index is 1.75. The molecule has 1 saturated carbocycles. The molecule has 1 aliphatic rings. The number of hydrogen-bond donors (Lipinski definition) is 1. The molecule has 0 spiro atoms. The lowest BCUT2D eigenvalue weighted by Crippen LogP contribution is -2.43. The van der Waals surface area contributed by atoms with Gasteiger partial charge in [-0.1, -0.05) is 36.4 Å². The van der Waals surface area contributed by atoms with Gasteiger partial charge in [0.2, 0.25) is 5.91 Å². The van der Waals surface area contributed by atoms with Crippen molar-refractivity contribution in [1.29, 1.82) is 0 Å². The van der Waals surface area contributed by atoms with E-state index in [9.17, 15) is 4.79 Å². The van der Waals surface area contributed by atoms with Gasteiger partial charge in [-0.25, -0.2) is 0 Å². The summed E-state index contributed by atoms with van der Waals surface area (Å²) in [5.41, 5.74) is 4.58. The third-order valence-corrected chi connectivity index (χ3v) is 6.27. The fraction of sp³-hybridized carbons (Fsp3) is 0.269. The highest BCUT2D eigenvalue weighted by Crippen LogP contribution is 2.58. The fourth-order valence-corrected chi connectivity index (χ4v) is 4.67. The number of benzene rings is 3. The van der Waals surface area contributed by atoms with Crippen molar-refractivity contribution in [3.05, 3.63) is 89.5 Å². The minimum Gasteiger partial charge on any atom is -0.497 e. The lowest BCUT2D eigenvalue weighted by molar-refractivity contribution is -0.114. The highest BCUT2D eigenvalue weighted by Gasteiger charge is 2.49. The molecular weight excluding hydrogens is 374 g/mol. The predicted octanol–water partition coefficient (Wildman–Crippen LogP) is 5.53. The molecule has 1 N–H and O–H groups in total. The van der Waals surface area contributed by atoms with E-state index < -0.39 is 0 Å². The summed E-state index contributed by atoms with van der Waals surface area (Å²) in [6.45, 7) is 1.53. The van der Waals surface area contributed by atoms with E-state index in [-0.39, 0.29) is 11.3 Å². The van der Waals surface area contributed by atoms with Gasteiger partial charge in [0, 0.05) is 18.0 Å². The fourth-order valence-electron chi connectivity index (χ4n) is 4.67. The Morgan fingerprint density at radius 3 is 1.70 bits per heavy atom. The van der Waals surface area contributed by atoms with Crippen molar-refractivity contribution < 1.29 is 14.3 Å². The van der Waals surface area contributed by atoms with Crippen molar-refractivity contribution in [1.82, 2.24) is 0 Å². The van der Waals surface area contributed by atoms with Crippen LogP contribution < -0.4 is 14.8 Å². The van der Waals surface area contributed by atoms with Crippen LogP contribution in [0.4, 0.5) is 5.69 Å². The van der Waals surface area contributed by atoms with Gasteiger partial charge in [-0.2, -0.15) is 0 Å². The van der Waals surface area contributed by atoms with Gasteiger partial charge < -0.3 is 14.8 Å². The summed E-state index contributed by atoms with van der Waals surface area (Å²) in [5, 5.41) is 2.85. The molecule has 3 aromatic carbocycles. The number of nitrogens with one attached hydrogen (secondary N) is 1. The summed E-state index contributed by atoms with van der Waals surface area (Å²) in [5.74, 6) is 2.02. The first-order chi connectivity index (χ1) is 14.6. The van der Waals surface area contributed by atoms with Gasteiger partial charge in [0.25, 0.3) is 0 Å². The van der Waals surface area contributed by atoms with Gasteiger partial charge in [-0.05, 0) is 71.8 Å². The molecule has 0 bridgehead atoms. The van der Waals surface area contributed by atoms with Crippen molar-refractivity contribution in [3.63, 3.8) is 0 Å². The number of rotatable bonds is 6. The van der Waals surface area contributed by atoms with Crippen LogP contribution in [-0.2, 0) is 10.2 Å².